The van der Waals surface area contributed by atoms with Crippen LogP contribution in [0.3, 0.4) is 0 Å². The predicted molar refractivity (Wildman–Crippen MR) is 141 cm³/mol. The van der Waals surface area contributed by atoms with Crippen LogP contribution in [0, 0.1) is 5.82 Å². The Balaban J connectivity index is 1.09. The lowest BCUT2D eigenvalue weighted by Gasteiger charge is -2.45. The summed E-state index contributed by atoms with van der Waals surface area (Å²) in [5.74, 6) is -0.487. The molecule has 0 radical (unpaired) electrons. The maximum Gasteiger partial charge on any atom is 0.251 e. The molecule has 1 amide bonds. The second-order valence-corrected chi connectivity index (χ2v) is 10.5. The zero-order valence-electron chi connectivity index (χ0n) is 21.2. The molecule has 2 aromatic rings. The molecule has 1 saturated carbocycles. The molecule has 0 bridgehead atoms. The van der Waals surface area contributed by atoms with Gasteiger partial charge in [0.05, 0.1) is 13.2 Å². The third kappa shape index (κ3) is 5.90. The van der Waals surface area contributed by atoms with Crippen LogP contribution in [0.15, 0.2) is 48.5 Å². The van der Waals surface area contributed by atoms with Crippen LogP contribution in [0.1, 0.15) is 54.4 Å². The minimum atomic E-state index is -0.300. The van der Waals surface area contributed by atoms with Gasteiger partial charge < -0.3 is 20.3 Å². The van der Waals surface area contributed by atoms with Crippen LogP contribution in [0.4, 0.5) is 10.1 Å². The van der Waals surface area contributed by atoms with E-state index in [1.54, 1.807) is 18.2 Å². The van der Waals surface area contributed by atoms with Crippen LogP contribution >= 0.6 is 0 Å². The molecule has 1 aliphatic carbocycles. The second-order valence-electron chi connectivity index (χ2n) is 10.5. The Labute approximate surface area is 214 Å². The molecule has 2 N–H and O–H groups in total. The van der Waals surface area contributed by atoms with E-state index in [0.29, 0.717) is 22.7 Å². The first-order chi connectivity index (χ1) is 17.6. The van der Waals surface area contributed by atoms with Crippen LogP contribution in [0.5, 0.6) is 0 Å². The highest BCUT2D eigenvalue weighted by molar-refractivity contribution is 5.94. The van der Waals surface area contributed by atoms with Gasteiger partial charge in [0.1, 0.15) is 5.82 Å². The number of ether oxygens (including phenoxy) is 1. The lowest BCUT2D eigenvalue weighted by atomic mass is 9.93. The van der Waals surface area contributed by atoms with Gasteiger partial charge in [-0.25, -0.2) is 4.39 Å². The van der Waals surface area contributed by atoms with Crippen molar-refractivity contribution in [2.45, 2.75) is 56.7 Å². The highest BCUT2D eigenvalue weighted by Gasteiger charge is 2.40. The standard InChI is InChI=1S/C29H39FN4O2/c30-27-6-2-1-5-24(27)21-31-28(35)23-7-9-26(10-8-23)33-15-11-25(12-16-33)32-22-29(13-3-4-14-29)34-17-19-36-20-18-34/h1-2,5-10,25,32H,3-4,11-22H2,(H,31,35). The molecule has 2 aromatic carbocycles. The van der Waals surface area contributed by atoms with Crippen LogP contribution in [-0.2, 0) is 11.3 Å². The van der Waals surface area contributed by atoms with Crippen molar-refractivity contribution in [1.29, 1.82) is 0 Å². The van der Waals surface area contributed by atoms with Gasteiger partial charge in [-0.3, -0.25) is 9.69 Å². The summed E-state index contributed by atoms with van der Waals surface area (Å²) >= 11 is 0. The number of morpholine rings is 1. The van der Waals surface area contributed by atoms with Gasteiger partial charge in [-0.1, -0.05) is 31.0 Å². The van der Waals surface area contributed by atoms with E-state index in [0.717, 1.165) is 64.5 Å². The Kier molecular flexibility index (Phi) is 8.19. The third-order valence-electron chi connectivity index (χ3n) is 8.32. The van der Waals surface area contributed by atoms with E-state index in [9.17, 15) is 9.18 Å². The fourth-order valence-electron chi connectivity index (χ4n) is 6.09. The summed E-state index contributed by atoms with van der Waals surface area (Å²) in [5, 5.41) is 6.75. The summed E-state index contributed by atoms with van der Waals surface area (Å²) in [6.45, 7) is 7.17. The van der Waals surface area contributed by atoms with Gasteiger partial charge in [0.15, 0.2) is 0 Å². The van der Waals surface area contributed by atoms with Crippen LogP contribution in [0.2, 0.25) is 0 Å². The Morgan fingerprint density at radius 2 is 1.67 bits per heavy atom. The van der Waals surface area contributed by atoms with Gasteiger partial charge in [0, 0.05) is 67.7 Å². The lowest BCUT2D eigenvalue weighted by Crippen LogP contribution is -2.58. The number of nitrogens with zero attached hydrogens (tertiary/aromatic N) is 2. The number of halogens is 1. The number of benzene rings is 2. The second kappa shape index (κ2) is 11.7. The maximum atomic E-state index is 13.8. The SMILES string of the molecule is O=C(NCc1ccccc1F)c1ccc(N2CCC(NCC3(N4CCOCC4)CCCC3)CC2)cc1. The molecule has 5 rings (SSSR count). The first kappa shape index (κ1) is 25.2. The molecule has 7 heteroatoms. The van der Waals surface area contributed by atoms with Crippen LogP contribution in [-0.4, -0.2) is 68.3 Å². The van der Waals surface area contributed by atoms with E-state index >= 15 is 0 Å². The number of hydrogen-bond donors (Lipinski definition) is 2. The molecule has 0 atom stereocenters. The molecule has 3 fully saturated rings. The minimum Gasteiger partial charge on any atom is -0.379 e. The first-order valence-electron chi connectivity index (χ1n) is 13.6. The number of amides is 1. The van der Waals surface area contributed by atoms with Crippen molar-refractivity contribution in [3.63, 3.8) is 0 Å². The smallest absolute Gasteiger partial charge is 0.251 e. The molecule has 0 spiro atoms. The molecule has 2 saturated heterocycles. The van der Waals surface area contributed by atoms with Crippen molar-refractivity contribution < 1.29 is 13.9 Å². The lowest BCUT2D eigenvalue weighted by molar-refractivity contribution is -0.0214. The predicted octanol–water partition coefficient (Wildman–Crippen LogP) is 3.96. The molecule has 194 valence electrons. The number of rotatable bonds is 8. The molecule has 0 aromatic heterocycles. The van der Waals surface area contributed by atoms with Crippen LogP contribution in [0.25, 0.3) is 0 Å². The van der Waals surface area contributed by atoms with Crippen LogP contribution < -0.4 is 15.5 Å². The van der Waals surface area contributed by atoms with Crippen molar-refractivity contribution in [2.75, 3.05) is 50.8 Å². The van der Waals surface area contributed by atoms with Crippen molar-refractivity contribution in [1.82, 2.24) is 15.5 Å². The average molecular weight is 495 g/mol. The Morgan fingerprint density at radius 3 is 2.36 bits per heavy atom. The summed E-state index contributed by atoms with van der Waals surface area (Å²) in [7, 11) is 0. The fraction of sp³-hybridized carbons (Fsp3) is 0.552. The first-order valence-corrected chi connectivity index (χ1v) is 13.6. The van der Waals surface area contributed by atoms with E-state index in [4.69, 9.17) is 4.74 Å². The van der Waals surface area contributed by atoms with E-state index in [1.807, 2.05) is 24.3 Å². The summed E-state index contributed by atoms with van der Waals surface area (Å²) in [6.07, 6.45) is 7.55. The Bertz CT molecular complexity index is 995. The van der Waals surface area contributed by atoms with Gasteiger partial charge >= 0.3 is 0 Å². The van der Waals surface area contributed by atoms with Crippen molar-refractivity contribution in [3.8, 4) is 0 Å². The van der Waals surface area contributed by atoms with Gasteiger partial charge in [0.2, 0.25) is 0 Å². The molecular formula is C29H39FN4O2. The van der Waals surface area contributed by atoms with Gasteiger partial charge in [-0.05, 0) is 56.0 Å². The van der Waals surface area contributed by atoms with Gasteiger partial charge in [0.25, 0.3) is 5.91 Å². The third-order valence-corrected chi connectivity index (χ3v) is 8.32. The molecule has 6 nitrogen and oxygen atoms in total. The summed E-state index contributed by atoms with van der Waals surface area (Å²) in [5.41, 5.74) is 2.56. The van der Waals surface area contributed by atoms with Gasteiger partial charge in [-0.2, -0.15) is 0 Å². The zero-order chi connectivity index (χ0) is 24.8. The highest BCUT2D eigenvalue weighted by Crippen LogP contribution is 2.35. The van der Waals surface area contributed by atoms with Gasteiger partial charge in [-0.15, -0.1) is 0 Å². The van der Waals surface area contributed by atoms with E-state index in [-0.39, 0.29) is 18.3 Å². The summed E-state index contributed by atoms with van der Waals surface area (Å²) < 4.78 is 19.4. The Hall–Kier alpha value is -2.48. The average Bonchev–Trinajstić information content (AvgIpc) is 3.42. The molecule has 2 heterocycles. The van der Waals surface area contributed by atoms with Crippen molar-refractivity contribution in [3.05, 3.63) is 65.5 Å². The van der Waals surface area contributed by atoms with E-state index in [2.05, 4.69) is 20.4 Å². The minimum absolute atomic E-state index is 0.181. The quantitative estimate of drug-likeness (QED) is 0.582. The Morgan fingerprint density at radius 1 is 0.972 bits per heavy atom. The van der Waals surface area contributed by atoms with Crippen molar-refractivity contribution in [2.24, 2.45) is 0 Å². The monoisotopic (exact) mass is 494 g/mol. The zero-order valence-corrected chi connectivity index (χ0v) is 21.2. The molecule has 0 unspecified atom stereocenters. The number of hydrogen-bond acceptors (Lipinski definition) is 5. The number of piperidine rings is 1. The molecule has 36 heavy (non-hydrogen) atoms. The van der Waals surface area contributed by atoms with E-state index < -0.39 is 0 Å². The van der Waals surface area contributed by atoms with E-state index in [1.165, 1.54) is 31.7 Å². The number of nitrogens with one attached hydrogen (secondary N) is 2. The molecule has 2 aliphatic heterocycles. The fourth-order valence-corrected chi connectivity index (χ4v) is 6.09. The summed E-state index contributed by atoms with van der Waals surface area (Å²) in [4.78, 5) is 17.6. The normalized spacial score (nSPS) is 21.0. The van der Waals surface area contributed by atoms with Crippen molar-refractivity contribution >= 4 is 11.6 Å². The number of carbonyl (C=O) groups is 1. The largest absolute Gasteiger partial charge is 0.379 e. The number of anilines is 1. The molecule has 3 aliphatic rings. The topological polar surface area (TPSA) is 56.8 Å². The maximum absolute atomic E-state index is 13.8. The molecular weight excluding hydrogens is 455 g/mol. The number of carbonyl (C=O) groups excluding carboxylic acids is 1. The highest BCUT2D eigenvalue weighted by atomic mass is 19.1. The summed E-state index contributed by atoms with van der Waals surface area (Å²) in [6, 6.07) is 14.9.